The number of methoxy groups -OCH3 is 1. The second kappa shape index (κ2) is 6.12. The maximum atomic E-state index is 10.9. The van der Waals surface area contributed by atoms with Crippen molar-refractivity contribution in [2.75, 3.05) is 13.7 Å². The topological polar surface area (TPSA) is 51.2 Å². The van der Waals surface area contributed by atoms with E-state index in [0.29, 0.717) is 13.0 Å². The summed E-state index contributed by atoms with van der Waals surface area (Å²) in [5.41, 5.74) is 1.19. The highest BCUT2D eigenvalue weighted by Gasteiger charge is 2.00. The molecule has 18 heavy (non-hydrogen) atoms. The minimum atomic E-state index is -0.188. The molecule has 4 heteroatoms. The van der Waals surface area contributed by atoms with Crippen molar-refractivity contribution < 1.29 is 9.53 Å². The number of benzene rings is 1. The zero-order valence-corrected chi connectivity index (χ0v) is 10.3. The number of esters is 1. The normalized spacial score (nSPS) is 10.5. The maximum Gasteiger partial charge on any atom is 0.306 e. The van der Waals surface area contributed by atoms with Crippen molar-refractivity contribution in [3.8, 4) is 0 Å². The first-order valence-corrected chi connectivity index (χ1v) is 5.90. The summed E-state index contributed by atoms with van der Waals surface area (Å²) in [7, 11) is 1.40. The summed E-state index contributed by atoms with van der Waals surface area (Å²) >= 11 is 0. The fourth-order valence-corrected chi connectivity index (χ4v) is 1.77. The van der Waals surface area contributed by atoms with Crippen LogP contribution >= 0.6 is 0 Å². The molecule has 0 spiro atoms. The molecule has 0 bridgehead atoms. The van der Waals surface area contributed by atoms with Gasteiger partial charge in [-0.2, -0.15) is 0 Å². The molecule has 0 fully saturated rings. The lowest BCUT2D eigenvalue weighted by Crippen LogP contribution is -2.18. The SMILES string of the molecule is COC(=O)CCNCc1ccc2cnccc2c1. The van der Waals surface area contributed by atoms with E-state index in [2.05, 4.69) is 33.2 Å². The van der Waals surface area contributed by atoms with Gasteiger partial charge in [-0.1, -0.05) is 12.1 Å². The molecule has 4 nitrogen and oxygen atoms in total. The Morgan fingerprint density at radius 2 is 2.22 bits per heavy atom. The van der Waals surface area contributed by atoms with Gasteiger partial charge in [0.25, 0.3) is 0 Å². The van der Waals surface area contributed by atoms with Crippen molar-refractivity contribution in [2.24, 2.45) is 0 Å². The maximum absolute atomic E-state index is 10.9. The molecule has 2 aromatic rings. The number of carbonyl (C=O) groups is 1. The number of nitrogens with zero attached hydrogens (tertiary/aromatic N) is 1. The Morgan fingerprint density at radius 3 is 3.06 bits per heavy atom. The van der Waals surface area contributed by atoms with Crippen molar-refractivity contribution in [3.05, 3.63) is 42.2 Å². The van der Waals surface area contributed by atoms with E-state index in [4.69, 9.17) is 0 Å². The van der Waals surface area contributed by atoms with Crippen LogP contribution in [0.2, 0.25) is 0 Å². The van der Waals surface area contributed by atoms with Crippen LogP contribution in [0.4, 0.5) is 0 Å². The summed E-state index contributed by atoms with van der Waals surface area (Å²) in [6, 6.07) is 8.24. The molecule has 1 aromatic heterocycles. The molecule has 0 saturated carbocycles. The Bertz CT molecular complexity index is 540. The Hall–Kier alpha value is -1.94. The van der Waals surface area contributed by atoms with Crippen LogP contribution in [0.1, 0.15) is 12.0 Å². The van der Waals surface area contributed by atoms with Crippen molar-refractivity contribution in [2.45, 2.75) is 13.0 Å². The van der Waals surface area contributed by atoms with Gasteiger partial charge in [-0.25, -0.2) is 0 Å². The van der Waals surface area contributed by atoms with Crippen LogP contribution < -0.4 is 5.32 Å². The molecule has 0 unspecified atom stereocenters. The van der Waals surface area contributed by atoms with Gasteiger partial charge in [0.2, 0.25) is 0 Å². The fraction of sp³-hybridized carbons (Fsp3) is 0.286. The monoisotopic (exact) mass is 244 g/mol. The molecule has 0 aliphatic heterocycles. The van der Waals surface area contributed by atoms with Gasteiger partial charge in [0.05, 0.1) is 13.5 Å². The van der Waals surface area contributed by atoms with E-state index in [9.17, 15) is 4.79 Å². The summed E-state index contributed by atoms with van der Waals surface area (Å²) in [6.45, 7) is 1.37. The molecule has 1 aromatic carbocycles. The predicted octanol–water partition coefficient (Wildman–Crippen LogP) is 1.89. The Labute approximate surface area is 106 Å². The van der Waals surface area contributed by atoms with Gasteiger partial charge in [-0.05, 0) is 23.1 Å². The van der Waals surface area contributed by atoms with Crippen molar-refractivity contribution >= 4 is 16.7 Å². The summed E-state index contributed by atoms with van der Waals surface area (Å²) < 4.78 is 4.57. The molecule has 2 rings (SSSR count). The van der Waals surface area contributed by atoms with Gasteiger partial charge >= 0.3 is 5.97 Å². The first-order valence-electron chi connectivity index (χ1n) is 5.90. The average molecular weight is 244 g/mol. The van der Waals surface area contributed by atoms with Gasteiger partial charge in [-0.3, -0.25) is 9.78 Å². The second-order valence-corrected chi connectivity index (χ2v) is 4.06. The van der Waals surface area contributed by atoms with E-state index in [1.165, 1.54) is 18.1 Å². The van der Waals surface area contributed by atoms with Gasteiger partial charge in [0, 0.05) is 30.9 Å². The molecule has 94 valence electrons. The summed E-state index contributed by atoms with van der Waals surface area (Å²) in [5, 5.41) is 5.53. The molecule has 1 heterocycles. The first kappa shape index (κ1) is 12.5. The standard InChI is InChI=1S/C14H16N2O2/c1-18-14(17)5-7-15-9-11-2-3-13-10-16-6-4-12(13)8-11/h2-4,6,8,10,15H,5,7,9H2,1H3. The zero-order chi connectivity index (χ0) is 12.8. The summed E-state index contributed by atoms with van der Waals surface area (Å²) in [4.78, 5) is 15.0. The van der Waals surface area contributed by atoms with Crippen LogP contribution in [-0.4, -0.2) is 24.6 Å². The number of carbonyl (C=O) groups excluding carboxylic acids is 1. The van der Waals surface area contributed by atoms with Crippen LogP contribution in [0.3, 0.4) is 0 Å². The van der Waals surface area contributed by atoms with Gasteiger partial charge in [0.1, 0.15) is 0 Å². The van der Waals surface area contributed by atoms with Crippen molar-refractivity contribution in [1.29, 1.82) is 0 Å². The lowest BCUT2D eigenvalue weighted by Gasteiger charge is -2.05. The Kier molecular flexibility index (Phi) is 4.25. The van der Waals surface area contributed by atoms with Crippen molar-refractivity contribution in [1.82, 2.24) is 10.3 Å². The molecule has 1 N–H and O–H groups in total. The molecule has 0 saturated heterocycles. The largest absolute Gasteiger partial charge is 0.469 e. The zero-order valence-electron chi connectivity index (χ0n) is 10.3. The third-order valence-corrected chi connectivity index (χ3v) is 2.77. The van der Waals surface area contributed by atoms with Crippen LogP contribution in [0.15, 0.2) is 36.7 Å². The van der Waals surface area contributed by atoms with Gasteiger partial charge in [-0.15, -0.1) is 0 Å². The quantitative estimate of drug-likeness (QED) is 0.644. The highest BCUT2D eigenvalue weighted by Crippen LogP contribution is 2.14. The predicted molar refractivity (Wildman–Crippen MR) is 70.1 cm³/mol. The average Bonchev–Trinajstić information content (AvgIpc) is 2.43. The van der Waals surface area contributed by atoms with Crippen molar-refractivity contribution in [3.63, 3.8) is 0 Å². The number of nitrogens with one attached hydrogen (secondary N) is 1. The number of pyridine rings is 1. The van der Waals surface area contributed by atoms with E-state index in [0.717, 1.165) is 11.9 Å². The second-order valence-electron chi connectivity index (χ2n) is 4.06. The van der Waals surface area contributed by atoms with Crippen LogP contribution in [0, 0.1) is 0 Å². The van der Waals surface area contributed by atoms with E-state index < -0.39 is 0 Å². The van der Waals surface area contributed by atoms with Crippen LogP contribution in [0.25, 0.3) is 10.8 Å². The molecular formula is C14H16N2O2. The lowest BCUT2D eigenvalue weighted by atomic mass is 10.1. The smallest absolute Gasteiger partial charge is 0.306 e. The highest BCUT2D eigenvalue weighted by molar-refractivity contribution is 5.81. The molecule has 0 aliphatic carbocycles. The molecule has 0 radical (unpaired) electrons. The number of ether oxygens (including phenoxy) is 1. The number of fused-ring (bicyclic) bond motifs is 1. The number of aromatic nitrogens is 1. The van der Waals surface area contributed by atoms with E-state index in [1.54, 1.807) is 6.20 Å². The fourth-order valence-electron chi connectivity index (χ4n) is 1.77. The highest BCUT2D eigenvalue weighted by atomic mass is 16.5. The van der Waals surface area contributed by atoms with E-state index >= 15 is 0 Å². The Morgan fingerprint density at radius 1 is 1.33 bits per heavy atom. The number of rotatable bonds is 5. The van der Waals surface area contributed by atoms with Gasteiger partial charge < -0.3 is 10.1 Å². The summed E-state index contributed by atoms with van der Waals surface area (Å²) in [6.07, 6.45) is 4.04. The first-order chi connectivity index (χ1) is 8.79. The molecular weight excluding hydrogens is 228 g/mol. The molecule has 0 atom stereocenters. The Balaban J connectivity index is 1.90. The lowest BCUT2D eigenvalue weighted by molar-refractivity contribution is -0.140. The number of hydrogen-bond acceptors (Lipinski definition) is 4. The minimum absolute atomic E-state index is 0.188. The molecule has 0 aliphatic rings. The van der Waals surface area contributed by atoms with Gasteiger partial charge in [0.15, 0.2) is 0 Å². The third-order valence-electron chi connectivity index (χ3n) is 2.77. The van der Waals surface area contributed by atoms with Crippen LogP contribution in [-0.2, 0) is 16.1 Å². The van der Waals surface area contributed by atoms with E-state index in [-0.39, 0.29) is 5.97 Å². The summed E-state index contributed by atoms with van der Waals surface area (Å²) in [5.74, 6) is -0.188. The number of hydrogen-bond donors (Lipinski definition) is 1. The third kappa shape index (κ3) is 3.28. The molecule has 0 amide bonds. The minimum Gasteiger partial charge on any atom is -0.469 e. The van der Waals surface area contributed by atoms with E-state index in [1.807, 2.05) is 12.3 Å². The van der Waals surface area contributed by atoms with Crippen LogP contribution in [0.5, 0.6) is 0 Å².